The third kappa shape index (κ3) is 3.47. The molecule has 4 heteroatoms. The van der Waals surface area contributed by atoms with E-state index in [1.165, 1.54) is 38.2 Å². The van der Waals surface area contributed by atoms with Gasteiger partial charge < -0.3 is 5.32 Å². The van der Waals surface area contributed by atoms with Crippen molar-refractivity contribution in [1.82, 2.24) is 5.32 Å². The Labute approximate surface area is 130 Å². The fourth-order valence-corrected chi connectivity index (χ4v) is 3.96. The summed E-state index contributed by atoms with van der Waals surface area (Å²) in [7, 11) is 0. The number of hydrogen-bond acceptors (Lipinski definition) is 1. The average Bonchev–Trinajstić information content (AvgIpc) is 2.44. The smallest absolute Gasteiger partial charge is 0.142 e. The number of benzene rings is 1. The first-order valence-corrected chi connectivity index (χ1v) is 8.19. The summed E-state index contributed by atoms with van der Waals surface area (Å²) in [5, 5.41) is 4.28. The van der Waals surface area contributed by atoms with Crippen molar-refractivity contribution >= 4 is 23.2 Å². The molecule has 0 radical (unpaired) electrons. The Morgan fingerprint density at radius 3 is 2.70 bits per heavy atom. The first kappa shape index (κ1) is 16.1. The highest BCUT2D eigenvalue weighted by atomic mass is 35.5. The van der Waals surface area contributed by atoms with Gasteiger partial charge in [-0.3, -0.25) is 0 Å². The van der Waals surface area contributed by atoms with E-state index < -0.39 is 5.82 Å². The van der Waals surface area contributed by atoms with Gasteiger partial charge in [0.2, 0.25) is 0 Å². The van der Waals surface area contributed by atoms with E-state index in [1.807, 2.05) is 6.92 Å². The standard InChI is InChI=1S/C16H22Cl2FN/c1-3-11-6-4-5-7-14(11)20-10(2)15-12(17)8-9-13(19)16(15)18/h8-11,14,20H,3-7H2,1-2H3. The van der Waals surface area contributed by atoms with Crippen LogP contribution in [0.1, 0.15) is 57.6 Å². The summed E-state index contributed by atoms with van der Waals surface area (Å²) in [6.45, 7) is 4.24. The Morgan fingerprint density at radius 1 is 1.30 bits per heavy atom. The van der Waals surface area contributed by atoms with Crippen molar-refractivity contribution in [1.29, 1.82) is 0 Å². The summed E-state index contributed by atoms with van der Waals surface area (Å²) in [6.07, 6.45) is 6.19. The molecular weight excluding hydrogens is 296 g/mol. The molecule has 1 aromatic rings. The zero-order valence-corrected chi connectivity index (χ0v) is 13.6. The zero-order valence-electron chi connectivity index (χ0n) is 12.1. The minimum atomic E-state index is -0.407. The second-order valence-electron chi connectivity index (χ2n) is 5.70. The van der Waals surface area contributed by atoms with Crippen molar-refractivity contribution in [2.45, 2.75) is 58.0 Å². The first-order chi connectivity index (χ1) is 9.54. The molecule has 20 heavy (non-hydrogen) atoms. The predicted octanol–water partition coefficient (Wildman–Crippen LogP) is 5.75. The van der Waals surface area contributed by atoms with Gasteiger partial charge in [0.1, 0.15) is 5.82 Å². The number of hydrogen-bond donors (Lipinski definition) is 1. The summed E-state index contributed by atoms with van der Waals surface area (Å²) in [4.78, 5) is 0. The second kappa shape index (κ2) is 7.11. The molecule has 0 aliphatic heterocycles. The highest BCUT2D eigenvalue weighted by Crippen LogP contribution is 2.34. The fraction of sp³-hybridized carbons (Fsp3) is 0.625. The van der Waals surface area contributed by atoms with Gasteiger partial charge in [-0.1, -0.05) is 49.4 Å². The first-order valence-electron chi connectivity index (χ1n) is 7.44. The van der Waals surface area contributed by atoms with Gasteiger partial charge in [0.25, 0.3) is 0 Å². The molecule has 1 saturated carbocycles. The highest BCUT2D eigenvalue weighted by Gasteiger charge is 2.26. The Bertz CT molecular complexity index is 464. The Hall–Kier alpha value is -0.310. The lowest BCUT2D eigenvalue weighted by atomic mass is 9.82. The van der Waals surface area contributed by atoms with Crippen molar-refractivity contribution < 1.29 is 4.39 Å². The van der Waals surface area contributed by atoms with Crippen molar-refractivity contribution in [3.63, 3.8) is 0 Å². The lowest BCUT2D eigenvalue weighted by Gasteiger charge is -2.34. The maximum absolute atomic E-state index is 13.6. The molecule has 1 fully saturated rings. The topological polar surface area (TPSA) is 12.0 Å². The molecule has 1 nitrogen and oxygen atoms in total. The largest absolute Gasteiger partial charge is 0.307 e. The predicted molar refractivity (Wildman–Crippen MR) is 84.0 cm³/mol. The molecule has 1 aliphatic rings. The van der Waals surface area contributed by atoms with Gasteiger partial charge in [0.05, 0.1) is 5.02 Å². The minimum Gasteiger partial charge on any atom is -0.307 e. The molecule has 1 aromatic carbocycles. The molecule has 0 spiro atoms. The van der Waals surface area contributed by atoms with Crippen molar-refractivity contribution in [3.8, 4) is 0 Å². The Morgan fingerprint density at radius 2 is 2.00 bits per heavy atom. The summed E-state index contributed by atoms with van der Waals surface area (Å²) in [5.74, 6) is 0.285. The molecular formula is C16H22Cl2FN. The molecule has 0 aromatic heterocycles. The lowest BCUT2D eigenvalue weighted by molar-refractivity contribution is 0.240. The van der Waals surface area contributed by atoms with Gasteiger partial charge in [-0.2, -0.15) is 0 Å². The summed E-state index contributed by atoms with van der Waals surface area (Å²) < 4.78 is 13.6. The van der Waals surface area contributed by atoms with Gasteiger partial charge in [-0.25, -0.2) is 4.39 Å². The van der Waals surface area contributed by atoms with Crippen LogP contribution in [0, 0.1) is 11.7 Å². The Kier molecular flexibility index (Phi) is 5.71. The van der Waals surface area contributed by atoms with Gasteiger partial charge in [-0.05, 0) is 37.8 Å². The van der Waals surface area contributed by atoms with Crippen LogP contribution >= 0.6 is 23.2 Å². The van der Waals surface area contributed by atoms with E-state index in [2.05, 4.69) is 12.2 Å². The molecule has 112 valence electrons. The van der Waals surface area contributed by atoms with Gasteiger partial charge in [-0.15, -0.1) is 0 Å². The average molecular weight is 318 g/mol. The zero-order chi connectivity index (χ0) is 14.7. The van der Waals surface area contributed by atoms with Gasteiger partial charge in [0, 0.05) is 22.7 Å². The van der Waals surface area contributed by atoms with E-state index in [-0.39, 0.29) is 11.1 Å². The quantitative estimate of drug-likeness (QED) is 0.697. The van der Waals surface area contributed by atoms with Crippen molar-refractivity contribution in [2.75, 3.05) is 0 Å². The number of nitrogens with one attached hydrogen (secondary N) is 1. The normalized spacial score (nSPS) is 24.6. The molecule has 2 rings (SSSR count). The van der Waals surface area contributed by atoms with E-state index in [0.29, 0.717) is 22.5 Å². The number of halogens is 3. The van der Waals surface area contributed by atoms with Crippen LogP contribution in [0.2, 0.25) is 10.0 Å². The third-order valence-electron chi connectivity index (χ3n) is 4.41. The maximum Gasteiger partial charge on any atom is 0.142 e. The van der Waals surface area contributed by atoms with Gasteiger partial charge >= 0.3 is 0 Å². The van der Waals surface area contributed by atoms with Crippen LogP contribution in [0.25, 0.3) is 0 Å². The van der Waals surface area contributed by atoms with Crippen molar-refractivity contribution in [3.05, 3.63) is 33.6 Å². The minimum absolute atomic E-state index is 0.0390. The molecule has 3 unspecified atom stereocenters. The van der Waals surface area contributed by atoms with Crippen LogP contribution in [0.3, 0.4) is 0 Å². The van der Waals surface area contributed by atoms with E-state index in [4.69, 9.17) is 23.2 Å². The fourth-order valence-electron chi connectivity index (χ4n) is 3.26. The van der Waals surface area contributed by atoms with E-state index in [1.54, 1.807) is 6.07 Å². The van der Waals surface area contributed by atoms with Crippen LogP contribution in [-0.4, -0.2) is 6.04 Å². The molecule has 0 amide bonds. The van der Waals surface area contributed by atoms with Crippen LogP contribution in [0.4, 0.5) is 4.39 Å². The van der Waals surface area contributed by atoms with Crippen LogP contribution in [-0.2, 0) is 0 Å². The molecule has 1 N–H and O–H groups in total. The molecule has 0 bridgehead atoms. The van der Waals surface area contributed by atoms with E-state index in [0.717, 1.165) is 0 Å². The number of rotatable bonds is 4. The molecule has 0 saturated heterocycles. The van der Waals surface area contributed by atoms with Crippen LogP contribution in [0.15, 0.2) is 12.1 Å². The summed E-state index contributed by atoms with van der Waals surface area (Å²) in [6, 6.07) is 3.33. The van der Waals surface area contributed by atoms with Gasteiger partial charge in [0.15, 0.2) is 0 Å². The second-order valence-corrected chi connectivity index (χ2v) is 6.49. The SMILES string of the molecule is CCC1CCCCC1NC(C)c1c(Cl)ccc(F)c1Cl. The molecule has 3 atom stereocenters. The maximum atomic E-state index is 13.6. The summed E-state index contributed by atoms with van der Waals surface area (Å²) >= 11 is 12.3. The molecule has 1 aliphatic carbocycles. The summed E-state index contributed by atoms with van der Waals surface area (Å²) in [5.41, 5.74) is 0.675. The lowest BCUT2D eigenvalue weighted by Crippen LogP contribution is -2.39. The van der Waals surface area contributed by atoms with E-state index in [9.17, 15) is 4.39 Å². The Balaban J connectivity index is 2.15. The highest BCUT2D eigenvalue weighted by molar-refractivity contribution is 6.36. The van der Waals surface area contributed by atoms with Crippen molar-refractivity contribution in [2.24, 2.45) is 5.92 Å². The monoisotopic (exact) mass is 317 g/mol. The van der Waals surface area contributed by atoms with Crippen LogP contribution < -0.4 is 5.32 Å². The van der Waals surface area contributed by atoms with E-state index >= 15 is 0 Å². The molecule has 0 heterocycles. The van der Waals surface area contributed by atoms with Crippen LogP contribution in [0.5, 0.6) is 0 Å². The third-order valence-corrected chi connectivity index (χ3v) is 5.12.